The number of carbonyl (C=O) groups is 1. The van der Waals surface area contributed by atoms with Crippen LogP contribution in [-0.4, -0.2) is 34.9 Å². The lowest BCUT2D eigenvalue weighted by molar-refractivity contribution is -0.123. The van der Waals surface area contributed by atoms with Gasteiger partial charge in [-0.25, -0.2) is 0 Å². The first kappa shape index (κ1) is 52.5. The zero-order valence-electron chi connectivity index (χ0n) is 35.8. The molecule has 1 amide bonds. The predicted octanol–water partition coefficient (Wildman–Crippen LogP) is 14.3. The molecule has 4 nitrogen and oxygen atoms in total. The average molecular weight is 770 g/mol. The highest BCUT2D eigenvalue weighted by molar-refractivity contribution is 5.76. The molecule has 314 valence electrons. The first-order chi connectivity index (χ1) is 27.7. The lowest BCUT2D eigenvalue weighted by Gasteiger charge is -2.22. The number of nitrogens with one attached hydrogen (secondary N) is 1. The molecule has 0 radical (unpaired) electrons. The molecule has 0 aromatic carbocycles. The van der Waals surface area contributed by atoms with Gasteiger partial charge in [0.2, 0.25) is 5.91 Å². The van der Waals surface area contributed by atoms with Gasteiger partial charge in [-0.15, -0.1) is 0 Å². The molecule has 2 unspecified atom stereocenters. The molecule has 4 heteroatoms. The summed E-state index contributed by atoms with van der Waals surface area (Å²) in [5, 5.41) is 22.9. The summed E-state index contributed by atoms with van der Waals surface area (Å²) < 4.78 is 0. The van der Waals surface area contributed by atoms with Crippen molar-refractivity contribution in [3.63, 3.8) is 0 Å². The number of hydrogen-bond donors (Lipinski definition) is 3. The van der Waals surface area contributed by atoms with Gasteiger partial charge in [0.15, 0.2) is 0 Å². The Hall–Kier alpha value is -3.47. The molecule has 0 rings (SSSR count). The molecule has 0 bridgehead atoms. The van der Waals surface area contributed by atoms with Crippen LogP contribution < -0.4 is 5.32 Å². The van der Waals surface area contributed by atoms with Crippen LogP contribution in [0.1, 0.15) is 168 Å². The van der Waals surface area contributed by atoms with Gasteiger partial charge in [0.05, 0.1) is 18.8 Å². The van der Waals surface area contributed by atoms with Gasteiger partial charge in [-0.1, -0.05) is 199 Å². The van der Waals surface area contributed by atoms with E-state index in [1.165, 1.54) is 32.1 Å². The summed E-state index contributed by atoms with van der Waals surface area (Å²) in [6, 6.07) is -0.561. The topological polar surface area (TPSA) is 69.6 Å². The van der Waals surface area contributed by atoms with E-state index in [9.17, 15) is 15.0 Å². The third kappa shape index (κ3) is 41.7. The predicted molar refractivity (Wildman–Crippen MR) is 248 cm³/mol. The summed E-state index contributed by atoms with van der Waals surface area (Å²) in [6.07, 6.45) is 72.6. The molecule has 0 aromatic heterocycles. The first-order valence-electron chi connectivity index (χ1n) is 22.4. The summed E-state index contributed by atoms with van der Waals surface area (Å²) >= 11 is 0. The number of aliphatic hydroxyl groups excluding tert-OH is 2. The fourth-order valence-electron chi connectivity index (χ4n) is 5.77. The van der Waals surface area contributed by atoms with Crippen LogP contribution in [-0.2, 0) is 4.79 Å². The fourth-order valence-corrected chi connectivity index (χ4v) is 5.77. The Balaban J connectivity index is 3.71. The molecular weight excluding hydrogens is 687 g/mol. The van der Waals surface area contributed by atoms with E-state index in [1.807, 2.05) is 0 Å². The highest BCUT2D eigenvalue weighted by Gasteiger charge is 2.19. The number of hydrogen-bond acceptors (Lipinski definition) is 3. The first-order valence-corrected chi connectivity index (χ1v) is 22.4. The van der Waals surface area contributed by atoms with Gasteiger partial charge in [-0.3, -0.25) is 4.79 Å². The molecule has 0 aliphatic rings. The molecule has 0 saturated carbocycles. The maximum atomic E-state index is 12.3. The van der Waals surface area contributed by atoms with E-state index >= 15 is 0 Å². The third-order valence-electron chi connectivity index (χ3n) is 9.18. The van der Waals surface area contributed by atoms with Crippen molar-refractivity contribution in [2.45, 2.75) is 180 Å². The highest BCUT2D eigenvalue weighted by Crippen LogP contribution is 2.12. The lowest BCUT2D eigenvalue weighted by Crippen LogP contribution is -2.45. The summed E-state index contributed by atoms with van der Waals surface area (Å²) in [7, 11) is 0. The Kier molecular flexibility index (Phi) is 43.1. The summed E-state index contributed by atoms with van der Waals surface area (Å²) in [4.78, 5) is 12.3. The molecule has 0 spiro atoms. The highest BCUT2D eigenvalue weighted by atomic mass is 16.3. The second-order valence-electron chi connectivity index (χ2n) is 14.4. The molecule has 0 aliphatic carbocycles. The molecule has 0 fully saturated rings. The fraction of sp³-hybridized carbons (Fsp3) is 0.558. The van der Waals surface area contributed by atoms with Gasteiger partial charge in [0.25, 0.3) is 0 Å². The molecule has 0 saturated heterocycles. The Morgan fingerprint density at radius 2 is 0.786 bits per heavy atom. The van der Waals surface area contributed by atoms with Gasteiger partial charge in [0.1, 0.15) is 0 Å². The van der Waals surface area contributed by atoms with Crippen LogP contribution >= 0.6 is 0 Å². The molecule has 2 atom stereocenters. The van der Waals surface area contributed by atoms with E-state index in [2.05, 4.69) is 153 Å². The minimum Gasteiger partial charge on any atom is -0.394 e. The normalized spacial score (nSPS) is 14.3. The van der Waals surface area contributed by atoms with Crippen LogP contribution in [0, 0.1) is 0 Å². The number of unbranched alkanes of at least 4 members (excludes halogenated alkanes) is 9. The van der Waals surface area contributed by atoms with Crippen LogP contribution in [0.25, 0.3) is 0 Å². The zero-order valence-corrected chi connectivity index (χ0v) is 35.8. The van der Waals surface area contributed by atoms with Crippen molar-refractivity contribution in [1.82, 2.24) is 5.32 Å². The van der Waals surface area contributed by atoms with Crippen molar-refractivity contribution in [2.24, 2.45) is 0 Å². The number of carbonyl (C=O) groups excluding carboxylic acids is 1. The summed E-state index contributed by atoms with van der Waals surface area (Å²) in [5.41, 5.74) is 0. The largest absolute Gasteiger partial charge is 0.394 e. The molecule has 56 heavy (non-hydrogen) atoms. The maximum Gasteiger partial charge on any atom is 0.220 e. The SMILES string of the molecule is CC/C=C\C/C=C\C/C=C\C/C=C\C/C=C\C/C=C\C/C=C\C/C=C\C/C=C\C/C=C\C/C=C\CCCCCC(=O)NC(CO)C(O)CCCCCCCCC. The summed E-state index contributed by atoms with van der Waals surface area (Å²) in [5.74, 6) is -0.0750. The van der Waals surface area contributed by atoms with Crippen LogP contribution in [0.4, 0.5) is 0 Å². The Morgan fingerprint density at radius 1 is 0.446 bits per heavy atom. The van der Waals surface area contributed by atoms with E-state index in [4.69, 9.17) is 0 Å². The average Bonchev–Trinajstić information content (AvgIpc) is 3.20. The molecule has 0 aromatic rings. The van der Waals surface area contributed by atoms with E-state index in [-0.39, 0.29) is 12.5 Å². The second kappa shape index (κ2) is 45.9. The van der Waals surface area contributed by atoms with Gasteiger partial charge in [-0.05, 0) is 96.3 Å². The quantitative estimate of drug-likeness (QED) is 0.0433. The minimum absolute atomic E-state index is 0.0750. The lowest BCUT2D eigenvalue weighted by atomic mass is 10.0. The van der Waals surface area contributed by atoms with E-state index in [0.29, 0.717) is 12.8 Å². The van der Waals surface area contributed by atoms with Crippen molar-refractivity contribution in [3.05, 3.63) is 134 Å². The van der Waals surface area contributed by atoms with E-state index < -0.39 is 12.1 Å². The molecular formula is C52H83NO3. The standard InChI is InChI=1S/C52H83NO3/c1-3-5-7-9-11-12-13-14-15-16-17-18-19-20-21-22-23-24-25-26-27-28-29-30-31-32-33-34-35-36-37-38-39-40-42-44-46-48-52(56)53-50(49-54)51(55)47-45-43-41-10-8-6-4-2/h5,7,11-12,14-15,17-18,20-21,23-24,26-27,29-30,32-33,35-36,38-39,50-51,54-55H,3-4,6,8-10,13,16,19,22,25,28,31,34,37,40-49H2,1-2H3,(H,53,56)/b7-5-,12-11-,15-14-,18-17-,21-20-,24-23-,27-26-,30-29-,33-32-,36-35-,39-38-. The van der Waals surface area contributed by atoms with E-state index in [1.54, 1.807) is 0 Å². The van der Waals surface area contributed by atoms with Crippen molar-refractivity contribution in [2.75, 3.05) is 6.61 Å². The Labute approximate surface area is 345 Å². The van der Waals surface area contributed by atoms with Crippen molar-refractivity contribution in [3.8, 4) is 0 Å². The smallest absolute Gasteiger partial charge is 0.220 e. The van der Waals surface area contributed by atoms with Gasteiger partial charge in [0, 0.05) is 6.42 Å². The number of aliphatic hydroxyl groups is 2. The summed E-state index contributed by atoms with van der Waals surface area (Å²) in [6.45, 7) is 4.16. The van der Waals surface area contributed by atoms with Crippen LogP contribution in [0.2, 0.25) is 0 Å². The zero-order chi connectivity index (χ0) is 40.7. The number of amides is 1. The third-order valence-corrected chi connectivity index (χ3v) is 9.18. The Bertz CT molecular complexity index is 1190. The number of allylic oxidation sites excluding steroid dienone is 22. The van der Waals surface area contributed by atoms with Gasteiger partial charge < -0.3 is 15.5 Å². The van der Waals surface area contributed by atoms with Crippen LogP contribution in [0.5, 0.6) is 0 Å². The van der Waals surface area contributed by atoms with Crippen molar-refractivity contribution < 1.29 is 15.0 Å². The van der Waals surface area contributed by atoms with Gasteiger partial charge >= 0.3 is 0 Å². The number of rotatable bonds is 38. The van der Waals surface area contributed by atoms with Gasteiger partial charge in [-0.2, -0.15) is 0 Å². The Morgan fingerprint density at radius 3 is 1.16 bits per heavy atom. The monoisotopic (exact) mass is 770 g/mol. The molecule has 0 heterocycles. The van der Waals surface area contributed by atoms with Crippen LogP contribution in [0.3, 0.4) is 0 Å². The van der Waals surface area contributed by atoms with E-state index in [0.717, 1.165) is 109 Å². The molecule has 0 aliphatic heterocycles. The minimum atomic E-state index is -0.679. The van der Waals surface area contributed by atoms with Crippen molar-refractivity contribution in [1.29, 1.82) is 0 Å². The van der Waals surface area contributed by atoms with Crippen molar-refractivity contribution >= 4 is 5.91 Å². The van der Waals surface area contributed by atoms with Crippen LogP contribution in [0.15, 0.2) is 134 Å². The molecule has 3 N–H and O–H groups in total. The maximum absolute atomic E-state index is 12.3. The second-order valence-corrected chi connectivity index (χ2v) is 14.4.